The van der Waals surface area contributed by atoms with Gasteiger partial charge in [0.1, 0.15) is 11.3 Å². The van der Waals surface area contributed by atoms with Gasteiger partial charge >= 0.3 is 6.03 Å². The number of carbonyl (C=O) groups excluding carboxylic acids is 3. The minimum Gasteiger partial charge on any atom is -0.449 e. The van der Waals surface area contributed by atoms with E-state index in [0.29, 0.717) is 32.5 Å². The summed E-state index contributed by atoms with van der Waals surface area (Å²) in [5.41, 5.74) is 1.06. The van der Waals surface area contributed by atoms with Crippen LogP contribution in [0.15, 0.2) is 79.0 Å². The highest BCUT2D eigenvalue weighted by Crippen LogP contribution is 2.37. The third-order valence-corrected chi connectivity index (χ3v) is 6.80. The van der Waals surface area contributed by atoms with Crippen LogP contribution in [0.4, 0.5) is 10.5 Å². The molecule has 0 saturated carbocycles. The van der Waals surface area contributed by atoms with Gasteiger partial charge in [-0.2, -0.15) is 0 Å². The number of carbonyl (C=O) groups is 3. The quantitative estimate of drug-likeness (QED) is 0.319. The molecule has 4 amide bonds. The molecule has 0 atom stereocenters. The molecule has 1 aliphatic heterocycles. The van der Waals surface area contributed by atoms with Gasteiger partial charge in [0.2, 0.25) is 0 Å². The van der Waals surface area contributed by atoms with Crippen molar-refractivity contribution in [3.05, 3.63) is 81.0 Å². The van der Waals surface area contributed by atoms with Gasteiger partial charge in [0.15, 0.2) is 5.09 Å². The fraction of sp³-hybridized carbons (Fsp3) is 0.0870. The number of furan rings is 1. The Hall–Kier alpha value is -2.81. The molecular weight excluding hydrogens is 516 g/mol. The van der Waals surface area contributed by atoms with Crippen molar-refractivity contribution in [2.75, 3.05) is 4.90 Å². The summed E-state index contributed by atoms with van der Waals surface area (Å²) in [5, 5.41) is 3.41. The molecule has 1 aliphatic rings. The Morgan fingerprint density at radius 3 is 2.56 bits per heavy atom. The van der Waals surface area contributed by atoms with Crippen molar-refractivity contribution in [3.63, 3.8) is 0 Å². The number of rotatable bonds is 5. The Bertz CT molecular complexity index is 1250. The van der Waals surface area contributed by atoms with Gasteiger partial charge in [-0.15, -0.1) is 0 Å². The lowest BCUT2D eigenvalue weighted by atomic mass is 10.1. The molecule has 162 valence electrons. The maximum atomic E-state index is 13.1. The van der Waals surface area contributed by atoms with Crippen molar-refractivity contribution in [3.8, 4) is 0 Å². The van der Waals surface area contributed by atoms with E-state index in [1.807, 2.05) is 31.2 Å². The number of hydrogen-bond donors (Lipinski definition) is 1. The van der Waals surface area contributed by atoms with E-state index in [-0.39, 0.29) is 5.57 Å². The van der Waals surface area contributed by atoms with Crippen LogP contribution in [0.2, 0.25) is 5.02 Å². The highest BCUT2D eigenvalue weighted by molar-refractivity contribution is 9.10. The number of benzene rings is 2. The molecule has 0 radical (unpaired) electrons. The summed E-state index contributed by atoms with van der Waals surface area (Å²) in [4.78, 5) is 39.9. The standard InChI is InChI=1S/C23H16BrClN2O4S/c1-2-13-5-3-4-6-19(13)27-21(29)17(20(28)26-23(27)30)11-15-12-18(24)22(31-15)32-16-9-7-14(25)8-10-16/h3-12H,2H2,1H3,(H,26,28,30)/b17-11-. The summed E-state index contributed by atoms with van der Waals surface area (Å²) in [6.45, 7) is 1.92. The predicted molar refractivity (Wildman–Crippen MR) is 127 cm³/mol. The number of hydrogen-bond acceptors (Lipinski definition) is 5. The first kappa shape index (κ1) is 22.4. The van der Waals surface area contributed by atoms with Crippen LogP contribution < -0.4 is 10.2 Å². The highest BCUT2D eigenvalue weighted by Gasteiger charge is 2.37. The Kier molecular flexibility index (Phi) is 6.55. The maximum Gasteiger partial charge on any atom is 0.335 e. The zero-order valence-corrected chi connectivity index (χ0v) is 19.9. The molecule has 32 heavy (non-hydrogen) atoms. The zero-order valence-electron chi connectivity index (χ0n) is 16.7. The number of imide groups is 2. The van der Waals surface area contributed by atoms with Gasteiger partial charge in [-0.1, -0.05) is 48.5 Å². The van der Waals surface area contributed by atoms with Crippen LogP contribution in [-0.4, -0.2) is 17.8 Å². The van der Waals surface area contributed by atoms with E-state index in [1.54, 1.807) is 30.3 Å². The van der Waals surface area contributed by atoms with Crippen molar-refractivity contribution < 1.29 is 18.8 Å². The van der Waals surface area contributed by atoms with Gasteiger partial charge in [0, 0.05) is 9.92 Å². The molecule has 0 spiro atoms. The maximum absolute atomic E-state index is 13.1. The van der Waals surface area contributed by atoms with Crippen LogP contribution in [0, 0.1) is 0 Å². The third kappa shape index (κ3) is 4.53. The number of aryl methyl sites for hydroxylation is 1. The van der Waals surface area contributed by atoms with Crippen LogP contribution in [0.3, 0.4) is 0 Å². The SMILES string of the molecule is CCc1ccccc1N1C(=O)NC(=O)/C(=C/c2cc(Br)c(Sc3ccc(Cl)cc3)o2)C1=O. The average Bonchev–Trinajstić information content (AvgIpc) is 3.11. The van der Waals surface area contributed by atoms with Crippen LogP contribution in [0.25, 0.3) is 6.08 Å². The molecule has 2 heterocycles. The van der Waals surface area contributed by atoms with Crippen LogP contribution in [0.1, 0.15) is 18.2 Å². The Labute approximate surface area is 201 Å². The van der Waals surface area contributed by atoms with Gasteiger partial charge < -0.3 is 4.42 Å². The Balaban J connectivity index is 1.65. The molecule has 0 aliphatic carbocycles. The number of barbiturate groups is 1. The molecule has 1 saturated heterocycles. The van der Waals surface area contributed by atoms with E-state index in [0.717, 1.165) is 15.4 Å². The molecule has 1 N–H and O–H groups in total. The molecule has 2 aromatic carbocycles. The number of nitrogens with zero attached hydrogens (tertiary/aromatic N) is 1. The number of para-hydroxylation sites is 1. The van der Waals surface area contributed by atoms with Crippen LogP contribution in [-0.2, 0) is 16.0 Å². The van der Waals surface area contributed by atoms with Crippen molar-refractivity contribution >= 4 is 68.9 Å². The summed E-state index contributed by atoms with van der Waals surface area (Å²) < 4.78 is 6.50. The minimum absolute atomic E-state index is 0.195. The van der Waals surface area contributed by atoms with Crippen molar-refractivity contribution in [1.29, 1.82) is 0 Å². The van der Waals surface area contributed by atoms with Gasteiger partial charge in [0.05, 0.1) is 10.2 Å². The Morgan fingerprint density at radius 1 is 1.12 bits per heavy atom. The topological polar surface area (TPSA) is 79.6 Å². The zero-order chi connectivity index (χ0) is 22.8. The van der Waals surface area contributed by atoms with Gasteiger partial charge in [-0.3, -0.25) is 14.9 Å². The lowest BCUT2D eigenvalue weighted by molar-refractivity contribution is -0.122. The second-order valence-corrected chi connectivity index (χ2v) is 9.12. The van der Waals surface area contributed by atoms with Crippen molar-refractivity contribution in [2.24, 2.45) is 0 Å². The molecule has 4 rings (SSSR count). The highest BCUT2D eigenvalue weighted by atomic mass is 79.9. The number of amides is 4. The second kappa shape index (κ2) is 9.36. The fourth-order valence-corrected chi connectivity index (χ4v) is 4.62. The number of halogens is 2. The largest absolute Gasteiger partial charge is 0.449 e. The van der Waals surface area contributed by atoms with Gasteiger partial charge in [-0.25, -0.2) is 9.69 Å². The normalized spacial score (nSPS) is 15.4. The van der Waals surface area contributed by atoms with E-state index in [1.165, 1.54) is 17.8 Å². The van der Waals surface area contributed by atoms with E-state index >= 15 is 0 Å². The monoisotopic (exact) mass is 530 g/mol. The molecule has 1 aromatic heterocycles. The van der Waals surface area contributed by atoms with Crippen molar-refractivity contribution in [1.82, 2.24) is 5.32 Å². The van der Waals surface area contributed by atoms with E-state index in [9.17, 15) is 14.4 Å². The number of urea groups is 1. The second-order valence-electron chi connectivity index (χ2n) is 6.78. The first-order chi connectivity index (χ1) is 15.4. The lowest BCUT2D eigenvalue weighted by Gasteiger charge is -2.27. The van der Waals surface area contributed by atoms with Gasteiger partial charge in [0.25, 0.3) is 11.8 Å². The summed E-state index contributed by atoms with van der Waals surface area (Å²) in [7, 11) is 0. The summed E-state index contributed by atoms with van der Waals surface area (Å²) in [5.74, 6) is -1.19. The lowest BCUT2D eigenvalue weighted by Crippen LogP contribution is -2.54. The molecule has 0 bridgehead atoms. The fourth-order valence-electron chi connectivity index (χ4n) is 3.17. The average molecular weight is 532 g/mol. The van der Waals surface area contributed by atoms with E-state index in [4.69, 9.17) is 16.0 Å². The summed E-state index contributed by atoms with van der Waals surface area (Å²) in [6.07, 6.45) is 1.96. The summed E-state index contributed by atoms with van der Waals surface area (Å²) in [6, 6.07) is 15.2. The van der Waals surface area contributed by atoms with E-state index in [2.05, 4.69) is 21.2 Å². The molecular formula is C23H16BrClN2O4S. The van der Waals surface area contributed by atoms with Crippen LogP contribution in [0.5, 0.6) is 0 Å². The Morgan fingerprint density at radius 2 is 1.84 bits per heavy atom. The number of nitrogens with one attached hydrogen (secondary N) is 1. The first-order valence-electron chi connectivity index (χ1n) is 9.59. The molecule has 1 fully saturated rings. The third-order valence-electron chi connectivity index (χ3n) is 4.70. The van der Waals surface area contributed by atoms with E-state index < -0.39 is 17.8 Å². The van der Waals surface area contributed by atoms with Crippen molar-refractivity contribution in [2.45, 2.75) is 23.3 Å². The molecule has 3 aromatic rings. The van der Waals surface area contributed by atoms with Crippen LogP contribution >= 0.6 is 39.3 Å². The predicted octanol–water partition coefficient (Wildman–Crippen LogP) is 6.08. The molecule has 6 nitrogen and oxygen atoms in total. The molecule has 0 unspecified atom stereocenters. The molecule has 9 heteroatoms. The number of anilines is 1. The van der Waals surface area contributed by atoms with Gasteiger partial charge in [-0.05, 0) is 70.4 Å². The first-order valence-corrected chi connectivity index (χ1v) is 11.6. The smallest absolute Gasteiger partial charge is 0.335 e. The minimum atomic E-state index is -0.780. The summed E-state index contributed by atoms with van der Waals surface area (Å²) >= 11 is 10.7.